The molecule has 7 heteroatoms. The molecule has 2 aromatic heterocycles. The number of thiazole rings is 1. The van der Waals surface area contributed by atoms with Crippen LogP contribution in [-0.2, 0) is 4.79 Å². The molecule has 6 nitrogen and oxygen atoms in total. The number of carbonyl (C=O) groups excluding carboxylic acids is 1. The van der Waals surface area contributed by atoms with Gasteiger partial charge in [0, 0.05) is 24.9 Å². The topological polar surface area (TPSA) is 83.6 Å². The minimum Gasteiger partial charge on any atom is -0.481 e. The highest BCUT2D eigenvalue weighted by atomic mass is 32.1. The van der Waals surface area contributed by atoms with Gasteiger partial charge in [-0.3, -0.25) is 9.59 Å². The van der Waals surface area contributed by atoms with Gasteiger partial charge >= 0.3 is 5.97 Å². The zero-order valence-electron chi connectivity index (χ0n) is 13.5. The molecule has 2 aromatic rings. The van der Waals surface area contributed by atoms with Gasteiger partial charge in [-0.05, 0) is 38.2 Å². The zero-order valence-corrected chi connectivity index (χ0v) is 14.3. The summed E-state index contributed by atoms with van der Waals surface area (Å²) in [7, 11) is 0. The Morgan fingerprint density at radius 2 is 2.33 bits per heavy atom. The average Bonchev–Trinajstić information content (AvgIpc) is 3.21. The van der Waals surface area contributed by atoms with Crippen molar-refractivity contribution in [3.05, 3.63) is 28.3 Å². The van der Waals surface area contributed by atoms with Crippen molar-refractivity contribution in [1.82, 2.24) is 9.88 Å². The highest BCUT2D eigenvalue weighted by Gasteiger charge is 2.26. The summed E-state index contributed by atoms with van der Waals surface area (Å²) < 4.78 is 5.50. The highest BCUT2D eigenvalue weighted by Crippen LogP contribution is 2.26. The van der Waals surface area contributed by atoms with Gasteiger partial charge in [0.15, 0.2) is 5.76 Å². The number of nitrogens with zero attached hydrogens (tertiary/aromatic N) is 2. The van der Waals surface area contributed by atoms with E-state index in [9.17, 15) is 9.59 Å². The van der Waals surface area contributed by atoms with Crippen LogP contribution < -0.4 is 0 Å². The number of hydrogen-bond acceptors (Lipinski definition) is 5. The van der Waals surface area contributed by atoms with Crippen LogP contribution in [0.2, 0.25) is 0 Å². The first-order valence-corrected chi connectivity index (χ1v) is 8.93. The summed E-state index contributed by atoms with van der Waals surface area (Å²) in [5, 5.41) is 11.7. The number of aromatic nitrogens is 1. The van der Waals surface area contributed by atoms with Crippen LogP contribution in [0.1, 0.15) is 41.0 Å². The Balaban J connectivity index is 1.65. The fraction of sp³-hybridized carbons (Fsp3) is 0.471. The lowest BCUT2D eigenvalue weighted by molar-refractivity contribution is -0.137. The Morgan fingerprint density at radius 1 is 1.50 bits per heavy atom. The molecule has 128 valence electrons. The molecule has 1 fully saturated rings. The summed E-state index contributed by atoms with van der Waals surface area (Å²) in [5.74, 6) is 0.0157. The minimum absolute atomic E-state index is 0.0584. The molecule has 0 bridgehead atoms. The first-order chi connectivity index (χ1) is 11.5. The van der Waals surface area contributed by atoms with Gasteiger partial charge in [-0.25, -0.2) is 4.98 Å². The molecule has 1 aliphatic heterocycles. The van der Waals surface area contributed by atoms with E-state index in [0.717, 1.165) is 23.5 Å². The lowest BCUT2D eigenvalue weighted by Crippen LogP contribution is -2.39. The molecular weight excluding hydrogens is 328 g/mol. The van der Waals surface area contributed by atoms with Gasteiger partial charge in [-0.2, -0.15) is 0 Å². The van der Waals surface area contributed by atoms with Crippen molar-refractivity contribution in [3.8, 4) is 11.5 Å². The van der Waals surface area contributed by atoms with Crippen molar-refractivity contribution < 1.29 is 19.1 Å². The predicted molar refractivity (Wildman–Crippen MR) is 90.1 cm³/mol. The molecule has 1 N–H and O–H groups in total. The highest BCUT2D eigenvalue weighted by molar-refractivity contribution is 7.09. The number of furan rings is 1. The number of hydrogen-bond donors (Lipinski definition) is 1. The number of amides is 1. The van der Waals surface area contributed by atoms with Gasteiger partial charge in [0.25, 0.3) is 5.91 Å². The fourth-order valence-electron chi connectivity index (χ4n) is 3.05. The lowest BCUT2D eigenvalue weighted by Gasteiger charge is -2.32. The van der Waals surface area contributed by atoms with Crippen LogP contribution in [0.3, 0.4) is 0 Å². The van der Waals surface area contributed by atoms with E-state index in [1.807, 2.05) is 12.3 Å². The van der Waals surface area contributed by atoms with Crippen molar-refractivity contribution >= 4 is 23.2 Å². The second-order valence-corrected chi connectivity index (χ2v) is 7.21. The number of carboxylic acid groups (broad SMARTS) is 1. The molecule has 0 aromatic carbocycles. The second kappa shape index (κ2) is 7.17. The molecule has 1 aliphatic rings. The van der Waals surface area contributed by atoms with Crippen LogP contribution in [-0.4, -0.2) is 40.0 Å². The largest absolute Gasteiger partial charge is 0.481 e. The van der Waals surface area contributed by atoms with E-state index < -0.39 is 5.97 Å². The number of piperidine rings is 1. The molecule has 1 saturated heterocycles. The summed E-state index contributed by atoms with van der Waals surface area (Å²) in [4.78, 5) is 29.6. The summed E-state index contributed by atoms with van der Waals surface area (Å²) >= 11 is 1.54. The van der Waals surface area contributed by atoms with E-state index in [4.69, 9.17) is 9.52 Å². The summed E-state index contributed by atoms with van der Waals surface area (Å²) in [6.07, 6.45) is 4.14. The van der Waals surface area contributed by atoms with Crippen molar-refractivity contribution in [1.29, 1.82) is 0 Å². The molecular formula is C17H20N2O4S. The van der Waals surface area contributed by atoms with Gasteiger partial charge in [0.1, 0.15) is 12.0 Å². The molecule has 0 unspecified atom stereocenters. The number of rotatable bonds is 5. The minimum atomic E-state index is -0.781. The van der Waals surface area contributed by atoms with Gasteiger partial charge in [-0.1, -0.05) is 0 Å². The molecule has 1 atom stereocenters. The number of aryl methyl sites for hydroxylation is 1. The lowest BCUT2D eigenvalue weighted by atomic mass is 9.93. The molecule has 24 heavy (non-hydrogen) atoms. The van der Waals surface area contributed by atoms with Crippen LogP contribution in [0.15, 0.2) is 22.1 Å². The number of likely N-dealkylation sites (tertiary alicyclic amines) is 1. The van der Waals surface area contributed by atoms with Crippen molar-refractivity contribution in [2.45, 2.75) is 32.6 Å². The Labute approximate surface area is 144 Å². The second-order valence-electron chi connectivity index (χ2n) is 6.14. The summed E-state index contributed by atoms with van der Waals surface area (Å²) in [6, 6.07) is 1.73. The first kappa shape index (κ1) is 16.7. The number of carboxylic acids is 1. The Hall–Kier alpha value is -2.15. The quantitative estimate of drug-likeness (QED) is 0.895. The van der Waals surface area contributed by atoms with Crippen LogP contribution in [0.25, 0.3) is 11.5 Å². The predicted octanol–water partition coefficient (Wildman–Crippen LogP) is 3.43. The molecule has 3 heterocycles. The van der Waals surface area contributed by atoms with E-state index >= 15 is 0 Å². The van der Waals surface area contributed by atoms with Crippen molar-refractivity contribution in [2.75, 3.05) is 13.1 Å². The fourth-order valence-corrected chi connectivity index (χ4v) is 3.66. The van der Waals surface area contributed by atoms with Crippen LogP contribution in [0.4, 0.5) is 0 Å². The SMILES string of the molecule is Cc1nc(-c2cc(C(=O)N3CCC[C@H](CCC(=O)O)C3)co2)cs1. The molecule has 1 amide bonds. The summed E-state index contributed by atoms with van der Waals surface area (Å²) in [6.45, 7) is 3.25. The van der Waals surface area contributed by atoms with Crippen LogP contribution in [0.5, 0.6) is 0 Å². The summed E-state index contributed by atoms with van der Waals surface area (Å²) in [5.41, 5.74) is 1.27. The van der Waals surface area contributed by atoms with Gasteiger partial charge < -0.3 is 14.4 Å². The molecule has 0 saturated carbocycles. The molecule has 0 aliphatic carbocycles. The number of aliphatic carboxylic acids is 1. The standard InChI is InChI=1S/C17H20N2O4S/c1-11-18-14(10-24-11)15-7-13(9-23-15)17(22)19-6-2-3-12(8-19)4-5-16(20)21/h7,9-10,12H,2-6,8H2,1H3,(H,20,21)/t12-/m1/s1. The van der Waals surface area contributed by atoms with Gasteiger partial charge in [0.2, 0.25) is 0 Å². The normalized spacial score (nSPS) is 17.9. The van der Waals surface area contributed by atoms with Crippen molar-refractivity contribution in [2.24, 2.45) is 5.92 Å². The number of carbonyl (C=O) groups is 2. The van der Waals surface area contributed by atoms with Crippen molar-refractivity contribution in [3.63, 3.8) is 0 Å². The average molecular weight is 348 g/mol. The van der Waals surface area contributed by atoms with E-state index in [0.29, 0.717) is 30.8 Å². The Morgan fingerprint density at radius 3 is 3.04 bits per heavy atom. The van der Waals surface area contributed by atoms with E-state index in [2.05, 4.69) is 4.98 Å². The maximum absolute atomic E-state index is 12.7. The Kier molecular flexibility index (Phi) is 4.99. The van der Waals surface area contributed by atoms with E-state index in [1.165, 1.54) is 17.6 Å². The molecule has 0 radical (unpaired) electrons. The molecule has 3 rings (SSSR count). The van der Waals surface area contributed by atoms with E-state index in [-0.39, 0.29) is 18.2 Å². The smallest absolute Gasteiger partial charge is 0.303 e. The first-order valence-electron chi connectivity index (χ1n) is 8.05. The third-order valence-corrected chi connectivity index (χ3v) is 5.06. The third kappa shape index (κ3) is 3.84. The third-order valence-electron chi connectivity index (χ3n) is 4.29. The maximum Gasteiger partial charge on any atom is 0.303 e. The monoisotopic (exact) mass is 348 g/mol. The van der Waals surface area contributed by atoms with Gasteiger partial charge in [-0.15, -0.1) is 11.3 Å². The van der Waals surface area contributed by atoms with Crippen LogP contribution >= 0.6 is 11.3 Å². The molecule has 0 spiro atoms. The Bertz CT molecular complexity index is 737. The zero-order chi connectivity index (χ0) is 17.1. The van der Waals surface area contributed by atoms with Gasteiger partial charge in [0.05, 0.1) is 10.6 Å². The maximum atomic E-state index is 12.7. The van der Waals surface area contributed by atoms with Crippen LogP contribution in [0, 0.1) is 12.8 Å². The van der Waals surface area contributed by atoms with E-state index in [1.54, 1.807) is 11.0 Å².